The molecule has 0 spiro atoms. The van der Waals surface area contributed by atoms with Crippen LogP contribution in [0.15, 0.2) is 15.0 Å². The van der Waals surface area contributed by atoms with Gasteiger partial charge in [-0.2, -0.15) is 0 Å². The fourth-order valence-corrected chi connectivity index (χ4v) is 3.49. The van der Waals surface area contributed by atoms with E-state index in [0.717, 1.165) is 5.90 Å². The van der Waals surface area contributed by atoms with Crippen LogP contribution in [0.25, 0.3) is 0 Å². The molecule has 0 N–H and O–H groups in total. The first-order chi connectivity index (χ1) is 12.7. The van der Waals surface area contributed by atoms with Gasteiger partial charge in [-0.3, -0.25) is 0 Å². The predicted octanol–water partition coefficient (Wildman–Crippen LogP) is 3.74. The molecule has 0 saturated heterocycles. The van der Waals surface area contributed by atoms with Gasteiger partial charge in [-0.15, -0.1) is 0 Å². The molecule has 0 radical (unpaired) electrons. The van der Waals surface area contributed by atoms with Crippen molar-refractivity contribution >= 4 is 17.7 Å². The van der Waals surface area contributed by atoms with Crippen molar-refractivity contribution in [3.05, 3.63) is 0 Å². The van der Waals surface area contributed by atoms with E-state index in [4.69, 9.17) is 29.2 Å². The van der Waals surface area contributed by atoms with Crippen molar-refractivity contribution < 1.29 is 14.2 Å². The fourth-order valence-electron chi connectivity index (χ4n) is 3.49. The highest BCUT2D eigenvalue weighted by atomic mass is 16.5. The second-order valence-corrected chi connectivity index (χ2v) is 9.27. The normalized spacial score (nSPS) is 28.2. The lowest BCUT2D eigenvalue weighted by molar-refractivity contribution is 0.238. The number of nitrogens with zero attached hydrogens (tertiary/aromatic N) is 3. The zero-order valence-corrected chi connectivity index (χ0v) is 17.9. The second-order valence-electron chi connectivity index (χ2n) is 9.27. The van der Waals surface area contributed by atoms with Crippen LogP contribution < -0.4 is 0 Å². The second kappa shape index (κ2) is 7.80. The first-order valence-electron chi connectivity index (χ1n) is 10.3. The van der Waals surface area contributed by atoms with E-state index >= 15 is 0 Å². The van der Waals surface area contributed by atoms with Crippen molar-refractivity contribution in [1.82, 2.24) is 0 Å². The predicted molar refractivity (Wildman–Crippen MR) is 109 cm³/mol. The molecule has 0 aromatic rings. The van der Waals surface area contributed by atoms with Crippen LogP contribution in [-0.4, -0.2) is 55.6 Å². The molecule has 0 unspecified atom stereocenters. The van der Waals surface area contributed by atoms with Gasteiger partial charge in [0.1, 0.15) is 25.2 Å². The molecule has 6 nitrogen and oxygen atoms in total. The van der Waals surface area contributed by atoms with Crippen LogP contribution >= 0.6 is 0 Å². The van der Waals surface area contributed by atoms with E-state index in [1.807, 2.05) is 0 Å². The van der Waals surface area contributed by atoms with Gasteiger partial charge in [0.05, 0.1) is 18.1 Å². The molecule has 0 saturated carbocycles. The molecule has 0 aromatic carbocycles. The van der Waals surface area contributed by atoms with Crippen LogP contribution in [-0.2, 0) is 14.2 Å². The maximum atomic E-state index is 6.06. The summed E-state index contributed by atoms with van der Waals surface area (Å²) in [7, 11) is 0. The van der Waals surface area contributed by atoms with E-state index < -0.39 is 5.41 Å². The third kappa shape index (κ3) is 4.14. The Kier molecular flexibility index (Phi) is 5.82. The van der Waals surface area contributed by atoms with Gasteiger partial charge in [-0.1, -0.05) is 41.5 Å². The Labute approximate surface area is 163 Å². The van der Waals surface area contributed by atoms with Gasteiger partial charge >= 0.3 is 0 Å². The minimum absolute atomic E-state index is 0.178. The quantitative estimate of drug-likeness (QED) is 0.679. The largest absolute Gasteiger partial charge is 0.479 e. The molecule has 3 aliphatic heterocycles. The minimum atomic E-state index is -0.571. The lowest BCUT2D eigenvalue weighted by Gasteiger charge is -2.27. The topological polar surface area (TPSA) is 64.8 Å². The molecule has 3 aliphatic rings. The summed E-state index contributed by atoms with van der Waals surface area (Å²) in [5.41, 5.74) is -0.571. The van der Waals surface area contributed by atoms with Gasteiger partial charge in [-0.05, 0) is 24.7 Å². The van der Waals surface area contributed by atoms with Gasteiger partial charge in [0.15, 0.2) is 17.7 Å². The van der Waals surface area contributed by atoms with Crippen LogP contribution in [0.2, 0.25) is 0 Å². The summed E-state index contributed by atoms with van der Waals surface area (Å²) in [6.45, 7) is 17.0. The SMILES string of the molecule is CC(C)[C@H]1COC(CC(C)(C2=N[C@@H](C(C)C)CO2)C2=N[C@@H](C(C)C)CO2)=N1. The van der Waals surface area contributed by atoms with E-state index in [9.17, 15) is 0 Å². The van der Waals surface area contributed by atoms with Crippen LogP contribution in [0.4, 0.5) is 0 Å². The Balaban J connectivity index is 1.89. The van der Waals surface area contributed by atoms with Gasteiger partial charge in [-0.25, -0.2) is 15.0 Å². The monoisotopic (exact) mass is 377 g/mol. The van der Waals surface area contributed by atoms with Crippen molar-refractivity contribution in [3.8, 4) is 0 Å². The first kappa shape index (κ1) is 20.2. The summed E-state index contributed by atoms with van der Waals surface area (Å²) in [6.07, 6.45) is 0.573. The van der Waals surface area contributed by atoms with Crippen molar-refractivity contribution in [2.45, 2.75) is 73.0 Å². The van der Waals surface area contributed by atoms with E-state index in [-0.39, 0.29) is 18.1 Å². The van der Waals surface area contributed by atoms with Crippen LogP contribution in [0.5, 0.6) is 0 Å². The molecule has 27 heavy (non-hydrogen) atoms. The highest BCUT2D eigenvalue weighted by Gasteiger charge is 2.47. The Hall–Kier alpha value is -1.59. The number of aliphatic imine (C=N–C) groups is 3. The standard InChI is InChI=1S/C21H35N3O3/c1-12(2)15-9-25-18(22-15)8-21(7,19-23-16(10-26-19)13(3)4)20-24-17(11-27-20)14(5)6/h12-17H,8-11H2,1-7H3/t15-,16-,17-/m1/s1. The molecular weight excluding hydrogens is 342 g/mol. The summed E-state index contributed by atoms with van der Waals surface area (Å²) < 4.78 is 18.0. The highest BCUT2D eigenvalue weighted by Crippen LogP contribution is 2.36. The molecule has 6 heteroatoms. The molecule has 0 fully saturated rings. The molecule has 0 aromatic heterocycles. The first-order valence-corrected chi connectivity index (χ1v) is 10.3. The van der Waals surface area contributed by atoms with Gasteiger partial charge in [0, 0.05) is 6.42 Å². The Morgan fingerprint density at radius 3 is 1.52 bits per heavy atom. The summed E-state index contributed by atoms with van der Waals surface area (Å²) in [4.78, 5) is 14.6. The zero-order chi connectivity index (χ0) is 19.8. The molecule has 0 bridgehead atoms. The van der Waals surface area contributed by atoms with Crippen LogP contribution in [0, 0.1) is 23.2 Å². The summed E-state index contributed by atoms with van der Waals surface area (Å²) >= 11 is 0. The molecule has 3 heterocycles. The summed E-state index contributed by atoms with van der Waals surface area (Å²) in [5.74, 6) is 3.52. The average Bonchev–Trinajstić information content (AvgIpc) is 3.34. The molecule has 152 valence electrons. The smallest absolute Gasteiger partial charge is 0.199 e. The van der Waals surface area contributed by atoms with Crippen molar-refractivity contribution in [2.75, 3.05) is 19.8 Å². The average molecular weight is 378 g/mol. The lowest BCUT2D eigenvalue weighted by Crippen LogP contribution is -2.39. The molecular formula is C21H35N3O3. The molecule has 0 aliphatic carbocycles. The molecule has 3 atom stereocenters. The third-order valence-electron chi connectivity index (χ3n) is 5.84. The van der Waals surface area contributed by atoms with Gasteiger partial charge in [0.25, 0.3) is 0 Å². The van der Waals surface area contributed by atoms with E-state index in [1.165, 1.54) is 0 Å². The Morgan fingerprint density at radius 2 is 1.15 bits per heavy atom. The van der Waals surface area contributed by atoms with E-state index in [2.05, 4.69) is 48.5 Å². The van der Waals surface area contributed by atoms with Gasteiger partial charge in [0.2, 0.25) is 0 Å². The number of hydrogen-bond acceptors (Lipinski definition) is 6. The minimum Gasteiger partial charge on any atom is -0.479 e. The van der Waals surface area contributed by atoms with Crippen LogP contribution in [0.3, 0.4) is 0 Å². The van der Waals surface area contributed by atoms with E-state index in [0.29, 0.717) is 55.8 Å². The Morgan fingerprint density at radius 1 is 0.741 bits per heavy atom. The zero-order valence-electron chi connectivity index (χ0n) is 17.9. The third-order valence-corrected chi connectivity index (χ3v) is 5.84. The highest BCUT2D eigenvalue weighted by molar-refractivity contribution is 6.08. The maximum Gasteiger partial charge on any atom is 0.199 e. The van der Waals surface area contributed by atoms with Crippen LogP contribution in [0.1, 0.15) is 54.9 Å². The number of hydrogen-bond donors (Lipinski definition) is 0. The Bertz CT molecular complexity index is 603. The van der Waals surface area contributed by atoms with E-state index in [1.54, 1.807) is 0 Å². The van der Waals surface area contributed by atoms with Crippen molar-refractivity contribution in [2.24, 2.45) is 38.1 Å². The van der Waals surface area contributed by atoms with Crippen molar-refractivity contribution in [3.63, 3.8) is 0 Å². The number of ether oxygens (including phenoxy) is 3. The maximum absolute atomic E-state index is 6.06. The number of rotatable bonds is 7. The summed E-state index contributed by atoms with van der Waals surface area (Å²) in [5, 5.41) is 0. The summed E-state index contributed by atoms with van der Waals surface area (Å²) in [6, 6.07) is 0.572. The van der Waals surface area contributed by atoms with Gasteiger partial charge < -0.3 is 14.2 Å². The van der Waals surface area contributed by atoms with Crippen molar-refractivity contribution in [1.29, 1.82) is 0 Å². The fraction of sp³-hybridized carbons (Fsp3) is 0.857. The molecule has 3 rings (SSSR count). The molecule has 0 amide bonds. The lowest BCUT2D eigenvalue weighted by atomic mass is 9.85.